The number of benzene rings is 1. The molecule has 0 aromatic heterocycles. The maximum absolute atomic E-state index is 12.0. The van der Waals surface area contributed by atoms with Gasteiger partial charge in [-0.05, 0) is 26.0 Å². The summed E-state index contributed by atoms with van der Waals surface area (Å²) in [6, 6.07) is 8.29. The first kappa shape index (κ1) is 17.4. The number of nitrogens with one attached hydrogen (secondary N) is 1. The molecule has 1 aromatic rings. The number of hydrogen-bond acceptors (Lipinski definition) is 3. The average molecular weight is 312 g/mol. The van der Waals surface area contributed by atoms with Gasteiger partial charge in [0.2, 0.25) is 5.91 Å². The Morgan fingerprint density at radius 1 is 1.25 bits per heavy atom. The molecule has 1 aromatic carbocycles. The fourth-order valence-corrected chi connectivity index (χ4v) is 3.26. The first-order valence-corrected chi connectivity index (χ1v) is 8.79. The van der Waals surface area contributed by atoms with E-state index in [0.29, 0.717) is 0 Å². The van der Waals surface area contributed by atoms with E-state index in [1.807, 2.05) is 18.7 Å². The molecule has 112 valence electrons. The van der Waals surface area contributed by atoms with E-state index in [1.165, 1.54) is 5.56 Å². The number of amides is 1. The van der Waals surface area contributed by atoms with Gasteiger partial charge in [-0.1, -0.05) is 38.5 Å². The van der Waals surface area contributed by atoms with Gasteiger partial charge in [0.25, 0.3) is 0 Å². The molecule has 0 saturated carbocycles. The van der Waals surface area contributed by atoms with Crippen molar-refractivity contribution in [2.75, 3.05) is 12.3 Å². The molecule has 20 heavy (non-hydrogen) atoms. The van der Waals surface area contributed by atoms with Crippen LogP contribution in [-0.4, -0.2) is 28.2 Å². The van der Waals surface area contributed by atoms with Crippen LogP contribution in [0.25, 0.3) is 0 Å². The van der Waals surface area contributed by atoms with Gasteiger partial charge in [0, 0.05) is 21.9 Å². The van der Waals surface area contributed by atoms with Gasteiger partial charge in [-0.3, -0.25) is 4.79 Å². The molecule has 1 N–H and O–H groups in total. The van der Waals surface area contributed by atoms with Crippen molar-refractivity contribution in [1.29, 1.82) is 0 Å². The van der Waals surface area contributed by atoms with Gasteiger partial charge in [0.1, 0.15) is 0 Å². The molecule has 0 bridgehead atoms. The molecule has 1 atom stereocenters. The molecule has 0 spiro atoms. The van der Waals surface area contributed by atoms with Crippen LogP contribution < -0.4 is 5.32 Å². The summed E-state index contributed by atoms with van der Waals surface area (Å²) >= 11 is 3.48. The minimum atomic E-state index is -0.0580. The van der Waals surface area contributed by atoms with Crippen molar-refractivity contribution in [2.24, 2.45) is 0 Å². The van der Waals surface area contributed by atoms with Crippen LogP contribution in [0.1, 0.15) is 33.3 Å². The van der Waals surface area contributed by atoms with Crippen LogP contribution in [0.15, 0.2) is 29.2 Å². The molecule has 0 saturated heterocycles. The SMILES string of the molecule is Cc1ccc(S[C@H](C)C(=O)NCCSC(C)(C)C)cc1. The highest BCUT2D eigenvalue weighted by atomic mass is 32.2. The summed E-state index contributed by atoms with van der Waals surface area (Å²) in [6.45, 7) is 11.3. The second-order valence-corrected chi connectivity index (χ2v) is 9.16. The highest BCUT2D eigenvalue weighted by molar-refractivity contribution is 8.00. The van der Waals surface area contributed by atoms with E-state index in [1.54, 1.807) is 11.8 Å². The Labute approximate surface area is 131 Å². The molecule has 0 radical (unpaired) electrons. The molecular weight excluding hydrogens is 286 g/mol. The topological polar surface area (TPSA) is 29.1 Å². The Hall–Kier alpha value is -0.610. The smallest absolute Gasteiger partial charge is 0.233 e. The predicted octanol–water partition coefficient (Wildman–Crippen LogP) is 4.12. The number of carbonyl (C=O) groups is 1. The van der Waals surface area contributed by atoms with Gasteiger partial charge in [-0.15, -0.1) is 11.8 Å². The lowest BCUT2D eigenvalue weighted by Crippen LogP contribution is -2.33. The lowest BCUT2D eigenvalue weighted by molar-refractivity contribution is -0.120. The van der Waals surface area contributed by atoms with Crippen LogP contribution in [0, 0.1) is 6.92 Å². The summed E-state index contributed by atoms with van der Waals surface area (Å²) in [5.41, 5.74) is 1.24. The maximum Gasteiger partial charge on any atom is 0.233 e. The zero-order valence-electron chi connectivity index (χ0n) is 13.0. The monoisotopic (exact) mass is 311 g/mol. The van der Waals surface area contributed by atoms with Gasteiger partial charge < -0.3 is 5.32 Å². The van der Waals surface area contributed by atoms with Crippen LogP contribution in [0.2, 0.25) is 0 Å². The average Bonchev–Trinajstić information content (AvgIpc) is 2.36. The third-order valence-electron chi connectivity index (χ3n) is 2.64. The van der Waals surface area contributed by atoms with Crippen LogP contribution >= 0.6 is 23.5 Å². The van der Waals surface area contributed by atoms with Crippen molar-refractivity contribution in [1.82, 2.24) is 5.32 Å². The first-order valence-electron chi connectivity index (χ1n) is 6.93. The van der Waals surface area contributed by atoms with Crippen molar-refractivity contribution < 1.29 is 4.79 Å². The molecule has 0 fully saturated rings. The van der Waals surface area contributed by atoms with Crippen molar-refractivity contribution in [2.45, 2.75) is 49.5 Å². The van der Waals surface area contributed by atoms with Crippen LogP contribution in [0.4, 0.5) is 0 Å². The zero-order valence-corrected chi connectivity index (χ0v) is 14.7. The standard InChI is InChI=1S/C16H25NOS2/c1-12-6-8-14(9-7-12)20-13(2)15(18)17-10-11-19-16(3,4)5/h6-9,13H,10-11H2,1-5H3,(H,17,18)/t13-/m1/s1. The summed E-state index contributed by atoms with van der Waals surface area (Å²) < 4.78 is 0.257. The van der Waals surface area contributed by atoms with E-state index < -0.39 is 0 Å². The van der Waals surface area contributed by atoms with Gasteiger partial charge in [0.05, 0.1) is 5.25 Å². The molecule has 0 aliphatic rings. The van der Waals surface area contributed by atoms with Crippen molar-refractivity contribution in [3.8, 4) is 0 Å². The molecule has 0 heterocycles. The highest BCUT2D eigenvalue weighted by Gasteiger charge is 2.14. The van der Waals surface area contributed by atoms with E-state index in [9.17, 15) is 4.79 Å². The van der Waals surface area contributed by atoms with Gasteiger partial charge in [0.15, 0.2) is 0 Å². The normalized spacial score (nSPS) is 13.1. The van der Waals surface area contributed by atoms with Crippen LogP contribution in [0.5, 0.6) is 0 Å². The molecule has 0 unspecified atom stereocenters. The number of carbonyl (C=O) groups excluding carboxylic acids is 1. The molecular formula is C16H25NOS2. The Morgan fingerprint density at radius 3 is 2.40 bits per heavy atom. The molecule has 0 aliphatic heterocycles. The number of rotatable bonds is 6. The van der Waals surface area contributed by atoms with Crippen LogP contribution in [0.3, 0.4) is 0 Å². The zero-order chi connectivity index (χ0) is 15.2. The first-order chi connectivity index (χ1) is 9.28. The minimum Gasteiger partial charge on any atom is -0.354 e. The lowest BCUT2D eigenvalue weighted by Gasteiger charge is -2.18. The Bertz CT molecular complexity index is 423. The fraction of sp³-hybridized carbons (Fsp3) is 0.562. The van der Waals surface area contributed by atoms with E-state index in [4.69, 9.17) is 0 Å². The highest BCUT2D eigenvalue weighted by Crippen LogP contribution is 2.24. The minimum absolute atomic E-state index is 0.0580. The second kappa shape index (κ2) is 7.99. The number of thioether (sulfide) groups is 2. The summed E-state index contributed by atoms with van der Waals surface area (Å²) in [5, 5.41) is 2.95. The van der Waals surface area contributed by atoms with Gasteiger partial charge >= 0.3 is 0 Å². The Kier molecular flexibility index (Phi) is 6.96. The Morgan fingerprint density at radius 2 is 1.85 bits per heavy atom. The van der Waals surface area contributed by atoms with E-state index in [2.05, 4.69) is 57.3 Å². The molecule has 1 rings (SSSR count). The van der Waals surface area contributed by atoms with Crippen molar-refractivity contribution >= 4 is 29.4 Å². The van der Waals surface area contributed by atoms with Crippen molar-refractivity contribution in [3.05, 3.63) is 29.8 Å². The predicted molar refractivity (Wildman–Crippen MR) is 91.7 cm³/mol. The molecule has 2 nitrogen and oxygen atoms in total. The summed E-state index contributed by atoms with van der Waals surface area (Å²) in [4.78, 5) is 13.1. The molecule has 4 heteroatoms. The van der Waals surface area contributed by atoms with Gasteiger partial charge in [-0.25, -0.2) is 0 Å². The second-order valence-electron chi connectivity index (χ2n) is 5.82. The van der Waals surface area contributed by atoms with Crippen molar-refractivity contribution in [3.63, 3.8) is 0 Å². The third kappa shape index (κ3) is 7.25. The summed E-state index contributed by atoms with van der Waals surface area (Å²) in [5.74, 6) is 1.07. The quantitative estimate of drug-likeness (QED) is 0.633. The van der Waals surface area contributed by atoms with E-state index in [-0.39, 0.29) is 15.9 Å². The van der Waals surface area contributed by atoms with Crippen LogP contribution in [-0.2, 0) is 4.79 Å². The van der Waals surface area contributed by atoms with Gasteiger partial charge in [-0.2, -0.15) is 11.8 Å². The molecule has 1 amide bonds. The summed E-state index contributed by atoms with van der Waals surface area (Å²) in [7, 11) is 0. The van der Waals surface area contributed by atoms with E-state index >= 15 is 0 Å². The van der Waals surface area contributed by atoms with E-state index in [0.717, 1.165) is 17.2 Å². The fourth-order valence-electron chi connectivity index (χ4n) is 1.55. The largest absolute Gasteiger partial charge is 0.354 e. The maximum atomic E-state index is 12.0. The molecule has 0 aliphatic carbocycles. The number of aryl methyl sites for hydroxylation is 1. The summed E-state index contributed by atoms with van der Waals surface area (Å²) in [6.07, 6.45) is 0. The lowest BCUT2D eigenvalue weighted by atomic mass is 10.2. The number of hydrogen-bond donors (Lipinski definition) is 1. The third-order valence-corrected chi connectivity index (χ3v) is 5.03. The Balaban J connectivity index is 2.30.